The van der Waals surface area contributed by atoms with Crippen molar-refractivity contribution in [3.8, 4) is 5.75 Å². The first-order chi connectivity index (χ1) is 16.1. The van der Waals surface area contributed by atoms with Crippen LogP contribution in [0, 0.1) is 0 Å². The minimum absolute atomic E-state index is 0.158. The van der Waals surface area contributed by atoms with E-state index in [4.69, 9.17) is 11.7 Å². The molecule has 1 unspecified atom stereocenters. The van der Waals surface area contributed by atoms with Gasteiger partial charge in [-0.2, -0.15) is 0 Å². The Balaban J connectivity index is 2.75. The Morgan fingerprint density at radius 2 is 1.31 bits per heavy atom. The van der Waals surface area contributed by atoms with Crippen LogP contribution in [0.4, 0.5) is 0 Å². The molecular formula is C27H46N4O4. The average Bonchev–Trinajstić information content (AvgIpc) is 2.77. The number of phenolic OH excluding ortho intramolecular Hbond substituents is 1. The summed E-state index contributed by atoms with van der Waals surface area (Å²) >= 11 is 0. The van der Waals surface area contributed by atoms with Gasteiger partial charge in [0.25, 0.3) is 5.91 Å². The van der Waals surface area contributed by atoms with Gasteiger partial charge < -0.3 is 5.11 Å². The molecule has 0 spiro atoms. The van der Waals surface area contributed by atoms with E-state index in [-0.39, 0.29) is 28.9 Å². The molecule has 0 fully saturated rings. The van der Waals surface area contributed by atoms with Crippen LogP contribution in [-0.2, 0) is 25.2 Å². The number of hydrazine groups is 2. The molecule has 198 valence electrons. The van der Waals surface area contributed by atoms with E-state index in [0.29, 0.717) is 12.8 Å². The second-order valence-corrected chi connectivity index (χ2v) is 11.5. The van der Waals surface area contributed by atoms with Gasteiger partial charge in [-0.05, 0) is 47.3 Å². The second-order valence-electron chi connectivity index (χ2n) is 11.5. The summed E-state index contributed by atoms with van der Waals surface area (Å²) in [6, 6.07) is 3.70. The van der Waals surface area contributed by atoms with E-state index in [9.17, 15) is 19.5 Å². The molecule has 0 heterocycles. The highest BCUT2D eigenvalue weighted by Crippen LogP contribution is 2.41. The minimum Gasteiger partial charge on any atom is -0.507 e. The Labute approximate surface area is 210 Å². The highest BCUT2D eigenvalue weighted by atomic mass is 16.3. The van der Waals surface area contributed by atoms with Crippen molar-refractivity contribution in [3.63, 3.8) is 0 Å². The van der Waals surface area contributed by atoms with Crippen LogP contribution in [0.1, 0.15) is 122 Å². The lowest BCUT2D eigenvalue weighted by molar-refractivity contribution is -0.146. The lowest BCUT2D eigenvalue weighted by Gasteiger charge is -2.29. The number of hydrogen-bond acceptors (Lipinski definition) is 6. The molecule has 0 aromatic heterocycles. The molecule has 8 nitrogen and oxygen atoms in total. The number of rotatable bonds is 11. The fourth-order valence-electron chi connectivity index (χ4n) is 3.99. The van der Waals surface area contributed by atoms with Crippen LogP contribution in [0.3, 0.4) is 0 Å². The summed E-state index contributed by atoms with van der Waals surface area (Å²) in [6.45, 7) is 13.8. The quantitative estimate of drug-likeness (QED) is 0.157. The zero-order valence-corrected chi connectivity index (χ0v) is 22.7. The predicted molar refractivity (Wildman–Crippen MR) is 139 cm³/mol. The zero-order chi connectivity index (χ0) is 27.0. The van der Waals surface area contributed by atoms with Crippen molar-refractivity contribution in [2.24, 2.45) is 11.7 Å². The molecule has 0 radical (unpaired) electrons. The average molecular weight is 491 g/mol. The fourth-order valence-corrected chi connectivity index (χ4v) is 3.99. The van der Waals surface area contributed by atoms with Crippen LogP contribution in [-0.4, -0.2) is 27.8 Å². The minimum atomic E-state index is -0.627. The summed E-state index contributed by atoms with van der Waals surface area (Å²) in [5.41, 5.74) is 3.73. The molecule has 6 N–H and O–H groups in total. The van der Waals surface area contributed by atoms with Crippen molar-refractivity contribution in [2.75, 3.05) is 0 Å². The third-order valence-electron chi connectivity index (χ3n) is 6.33. The van der Waals surface area contributed by atoms with Crippen molar-refractivity contribution in [3.05, 3.63) is 28.8 Å². The van der Waals surface area contributed by atoms with E-state index < -0.39 is 17.7 Å². The van der Waals surface area contributed by atoms with Gasteiger partial charge in [0.05, 0.1) is 5.92 Å². The molecule has 0 saturated carbocycles. The number of nitrogens with two attached hydrogens (primary N) is 2. The van der Waals surface area contributed by atoms with E-state index in [1.54, 1.807) is 6.92 Å². The third kappa shape index (κ3) is 9.26. The van der Waals surface area contributed by atoms with Crippen LogP contribution in [0.15, 0.2) is 12.1 Å². The monoisotopic (exact) mass is 490 g/mol. The van der Waals surface area contributed by atoms with Gasteiger partial charge in [0.15, 0.2) is 0 Å². The molecule has 1 aromatic rings. The summed E-state index contributed by atoms with van der Waals surface area (Å²) in [4.78, 5) is 36.7. The number of hydrogen-bond donors (Lipinski definition) is 4. The Hall–Kier alpha value is -2.45. The molecule has 8 heteroatoms. The van der Waals surface area contributed by atoms with E-state index in [1.165, 1.54) is 0 Å². The third-order valence-corrected chi connectivity index (χ3v) is 6.33. The van der Waals surface area contributed by atoms with Crippen molar-refractivity contribution in [1.82, 2.24) is 10.4 Å². The number of benzene rings is 1. The van der Waals surface area contributed by atoms with Crippen LogP contribution >= 0.6 is 0 Å². The topological polar surface area (TPSA) is 139 Å². The Morgan fingerprint density at radius 1 is 0.886 bits per heavy atom. The first-order valence-electron chi connectivity index (χ1n) is 12.6. The summed E-state index contributed by atoms with van der Waals surface area (Å²) in [5.74, 6) is 9.59. The molecule has 0 saturated heterocycles. The number of unbranched alkanes of at least 4 members (excludes halogenated alkanes) is 5. The largest absolute Gasteiger partial charge is 0.507 e. The van der Waals surface area contributed by atoms with Gasteiger partial charge in [0.2, 0.25) is 11.8 Å². The van der Waals surface area contributed by atoms with E-state index >= 15 is 0 Å². The molecule has 1 aromatic carbocycles. The van der Waals surface area contributed by atoms with Crippen LogP contribution in [0.2, 0.25) is 0 Å². The summed E-state index contributed by atoms with van der Waals surface area (Å²) in [7, 11) is 0. The van der Waals surface area contributed by atoms with Gasteiger partial charge >= 0.3 is 0 Å². The predicted octanol–water partition coefficient (Wildman–Crippen LogP) is 4.43. The van der Waals surface area contributed by atoms with Crippen molar-refractivity contribution < 1.29 is 19.5 Å². The van der Waals surface area contributed by atoms with Gasteiger partial charge in [-0.15, -0.1) is 0 Å². The Bertz CT molecular complexity index is 849. The maximum atomic E-state index is 13.1. The first-order valence-corrected chi connectivity index (χ1v) is 12.6. The number of phenols is 1. The number of carbonyl (C=O) groups is 3. The summed E-state index contributed by atoms with van der Waals surface area (Å²) in [5, 5.41) is 11.7. The second kappa shape index (κ2) is 13.0. The molecule has 0 bridgehead atoms. The number of carbonyl (C=O) groups excluding carboxylic acids is 3. The van der Waals surface area contributed by atoms with Crippen molar-refractivity contribution in [1.29, 1.82) is 0 Å². The maximum absolute atomic E-state index is 13.1. The van der Waals surface area contributed by atoms with Gasteiger partial charge in [0.1, 0.15) is 5.75 Å². The van der Waals surface area contributed by atoms with Crippen LogP contribution in [0.25, 0.3) is 0 Å². The van der Waals surface area contributed by atoms with Crippen LogP contribution < -0.4 is 17.1 Å². The standard InChI is InChI=1S/C27H46N4O4/c1-18(19-16-20(26(2,3)4)24(34)21(17-19)27(5,6)7)25(35)31(29)23(33)15-13-11-9-8-10-12-14-22(32)30-28/h16-18,34H,8-15,28-29H2,1-7H3,(H,30,32). The van der Waals surface area contributed by atoms with E-state index in [0.717, 1.165) is 53.8 Å². The number of amides is 3. The Kier molecular flexibility index (Phi) is 11.4. The highest BCUT2D eigenvalue weighted by molar-refractivity contribution is 5.97. The van der Waals surface area contributed by atoms with Gasteiger partial charge in [-0.3, -0.25) is 19.8 Å². The molecule has 0 aliphatic rings. The van der Waals surface area contributed by atoms with Crippen LogP contribution in [0.5, 0.6) is 5.75 Å². The van der Waals surface area contributed by atoms with E-state index in [1.807, 2.05) is 53.7 Å². The highest BCUT2D eigenvalue weighted by Gasteiger charge is 2.30. The van der Waals surface area contributed by atoms with Gasteiger partial charge in [-0.25, -0.2) is 16.7 Å². The normalized spacial score (nSPS) is 12.8. The molecule has 35 heavy (non-hydrogen) atoms. The van der Waals surface area contributed by atoms with Gasteiger partial charge in [0, 0.05) is 12.8 Å². The molecule has 1 rings (SSSR count). The summed E-state index contributed by atoms with van der Waals surface area (Å²) in [6.07, 6.45) is 5.78. The zero-order valence-electron chi connectivity index (χ0n) is 22.7. The molecule has 0 aliphatic heterocycles. The number of nitrogens with one attached hydrogen (secondary N) is 1. The molecule has 0 aliphatic carbocycles. The van der Waals surface area contributed by atoms with Crippen molar-refractivity contribution >= 4 is 17.7 Å². The molecular weight excluding hydrogens is 444 g/mol. The Morgan fingerprint density at radius 3 is 1.74 bits per heavy atom. The fraction of sp³-hybridized carbons (Fsp3) is 0.667. The lowest BCUT2D eigenvalue weighted by atomic mass is 9.77. The maximum Gasteiger partial charge on any atom is 0.250 e. The first kappa shape index (κ1) is 30.6. The summed E-state index contributed by atoms with van der Waals surface area (Å²) < 4.78 is 0. The SMILES string of the molecule is CC(C(=O)N(N)C(=O)CCCCCCCCC(=O)NN)c1cc(C(C)(C)C)c(O)c(C(C)(C)C)c1. The van der Waals surface area contributed by atoms with Gasteiger partial charge in [-0.1, -0.05) is 79.4 Å². The van der Waals surface area contributed by atoms with E-state index in [2.05, 4.69) is 5.43 Å². The number of aromatic hydroxyl groups is 1. The molecule has 3 amide bonds. The number of imide groups is 1. The number of nitrogens with zero attached hydrogens (tertiary/aromatic N) is 1. The lowest BCUT2D eigenvalue weighted by Crippen LogP contribution is -2.44. The smallest absolute Gasteiger partial charge is 0.250 e. The molecule has 1 atom stereocenters. The van der Waals surface area contributed by atoms with Crippen molar-refractivity contribution in [2.45, 2.75) is 117 Å².